The Bertz CT molecular complexity index is 1030. The third kappa shape index (κ3) is 6.83. The van der Waals surface area contributed by atoms with E-state index in [1.807, 2.05) is 6.07 Å². The first-order valence-corrected chi connectivity index (χ1v) is 10.1. The van der Waals surface area contributed by atoms with Gasteiger partial charge < -0.3 is 19.5 Å². The van der Waals surface area contributed by atoms with Crippen molar-refractivity contribution in [2.75, 3.05) is 25.1 Å². The highest BCUT2D eigenvalue weighted by Gasteiger charge is 2.16. The molecule has 31 heavy (non-hydrogen) atoms. The van der Waals surface area contributed by atoms with Crippen LogP contribution in [0.15, 0.2) is 46.4 Å². The van der Waals surface area contributed by atoms with Gasteiger partial charge in [-0.15, -0.1) is 0 Å². The molecule has 0 saturated heterocycles. The second kappa shape index (κ2) is 11.7. The van der Waals surface area contributed by atoms with E-state index < -0.39 is 17.7 Å². The topological polar surface area (TPSA) is 97.7 Å². The minimum atomic E-state index is -0.764. The van der Waals surface area contributed by atoms with Crippen LogP contribution in [0.1, 0.15) is 19.4 Å². The van der Waals surface area contributed by atoms with Gasteiger partial charge in [-0.1, -0.05) is 28.1 Å². The van der Waals surface area contributed by atoms with E-state index in [2.05, 4.69) is 21.2 Å². The third-order valence-corrected chi connectivity index (χ3v) is 4.49. The molecule has 0 atom stereocenters. The van der Waals surface area contributed by atoms with Gasteiger partial charge in [0.25, 0.3) is 5.91 Å². The zero-order chi connectivity index (χ0) is 22.8. The lowest BCUT2D eigenvalue weighted by Gasteiger charge is -2.14. The van der Waals surface area contributed by atoms with Crippen molar-refractivity contribution in [3.8, 4) is 17.6 Å². The van der Waals surface area contributed by atoms with Crippen molar-refractivity contribution < 1.29 is 28.2 Å². The zero-order valence-corrected chi connectivity index (χ0v) is 18.5. The Morgan fingerprint density at radius 2 is 1.87 bits per heavy atom. The molecule has 0 radical (unpaired) electrons. The molecule has 0 fully saturated rings. The number of anilines is 1. The number of ether oxygens (including phenoxy) is 3. The fourth-order valence-corrected chi connectivity index (χ4v) is 2.88. The number of para-hydroxylation sites is 1. The normalized spacial score (nSPS) is 10.7. The molecule has 1 amide bonds. The molecular formula is C22H20BrFN2O5. The van der Waals surface area contributed by atoms with Gasteiger partial charge >= 0.3 is 5.97 Å². The summed E-state index contributed by atoms with van der Waals surface area (Å²) in [5.41, 5.74) is 0.171. The molecule has 0 aromatic heterocycles. The summed E-state index contributed by atoms with van der Waals surface area (Å²) in [6, 6.07) is 10.6. The summed E-state index contributed by atoms with van der Waals surface area (Å²) in [6.45, 7) is 3.72. The van der Waals surface area contributed by atoms with Crippen molar-refractivity contribution in [2.45, 2.75) is 13.8 Å². The van der Waals surface area contributed by atoms with Gasteiger partial charge in [0.2, 0.25) is 0 Å². The second-order valence-electron chi connectivity index (χ2n) is 5.95. The van der Waals surface area contributed by atoms with Crippen LogP contribution < -0.4 is 14.8 Å². The van der Waals surface area contributed by atoms with E-state index in [-0.39, 0.29) is 30.2 Å². The number of nitriles is 1. The quantitative estimate of drug-likeness (QED) is 0.316. The smallest absolute Gasteiger partial charge is 0.344 e. The number of benzene rings is 2. The molecule has 2 aromatic rings. The van der Waals surface area contributed by atoms with Crippen molar-refractivity contribution in [3.63, 3.8) is 0 Å². The van der Waals surface area contributed by atoms with Crippen LogP contribution in [0, 0.1) is 17.1 Å². The van der Waals surface area contributed by atoms with Gasteiger partial charge in [0.1, 0.15) is 17.5 Å². The molecule has 0 aliphatic heterocycles. The summed E-state index contributed by atoms with van der Waals surface area (Å²) < 4.78 is 30.1. The van der Waals surface area contributed by atoms with Gasteiger partial charge in [-0.05, 0) is 49.8 Å². The molecule has 1 N–H and O–H groups in total. The largest absolute Gasteiger partial charge is 0.490 e. The van der Waals surface area contributed by atoms with E-state index in [1.54, 1.807) is 32.0 Å². The summed E-state index contributed by atoms with van der Waals surface area (Å²) in [6.07, 6.45) is 1.33. The monoisotopic (exact) mass is 490 g/mol. The summed E-state index contributed by atoms with van der Waals surface area (Å²) in [5, 5.41) is 11.8. The lowest BCUT2D eigenvalue weighted by Crippen LogP contribution is -2.15. The van der Waals surface area contributed by atoms with E-state index >= 15 is 0 Å². The van der Waals surface area contributed by atoms with Crippen molar-refractivity contribution in [3.05, 3.63) is 57.8 Å². The van der Waals surface area contributed by atoms with Crippen LogP contribution in [-0.4, -0.2) is 31.7 Å². The van der Waals surface area contributed by atoms with Crippen molar-refractivity contribution in [1.29, 1.82) is 5.26 Å². The van der Waals surface area contributed by atoms with Gasteiger partial charge in [-0.2, -0.15) is 5.26 Å². The number of hydrogen-bond donors (Lipinski definition) is 1. The number of carbonyl (C=O) groups is 2. The average Bonchev–Trinajstić information content (AvgIpc) is 2.74. The number of amides is 1. The Hall–Kier alpha value is -3.38. The number of rotatable bonds is 9. The van der Waals surface area contributed by atoms with Crippen LogP contribution in [0.5, 0.6) is 11.5 Å². The highest BCUT2D eigenvalue weighted by atomic mass is 79.9. The number of esters is 1. The maximum absolute atomic E-state index is 13.8. The molecule has 7 nitrogen and oxygen atoms in total. The summed E-state index contributed by atoms with van der Waals surface area (Å²) >= 11 is 3.36. The lowest BCUT2D eigenvalue weighted by molar-refractivity contribution is -0.145. The Balaban J connectivity index is 2.30. The number of hydrogen-bond acceptors (Lipinski definition) is 6. The van der Waals surface area contributed by atoms with E-state index in [1.165, 1.54) is 24.3 Å². The molecule has 9 heteroatoms. The molecule has 162 valence electrons. The first-order chi connectivity index (χ1) is 14.9. The molecule has 0 aliphatic carbocycles. The van der Waals surface area contributed by atoms with E-state index in [0.29, 0.717) is 22.4 Å². The van der Waals surface area contributed by atoms with Crippen molar-refractivity contribution >= 4 is 39.6 Å². The molecule has 0 aliphatic rings. The van der Waals surface area contributed by atoms with Gasteiger partial charge in [-0.25, -0.2) is 9.18 Å². The molecule has 0 heterocycles. The fraction of sp³-hybridized carbons (Fsp3) is 0.227. The Labute approximate surface area is 187 Å². The van der Waals surface area contributed by atoms with Gasteiger partial charge in [0.05, 0.1) is 18.9 Å². The van der Waals surface area contributed by atoms with Crippen LogP contribution in [0.25, 0.3) is 6.08 Å². The number of halogens is 2. The predicted molar refractivity (Wildman–Crippen MR) is 116 cm³/mol. The maximum atomic E-state index is 13.8. The van der Waals surface area contributed by atoms with Crippen molar-refractivity contribution in [1.82, 2.24) is 0 Å². The second-order valence-corrected chi connectivity index (χ2v) is 6.81. The van der Waals surface area contributed by atoms with E-state index in [9.17, 15) is 19.2 Å². The predicted octanol–water partition coefficient (Wildman–Crippen LogP) is 4.47. The molecular weight excluding hydrogens is 471 g/mol. The molecule has 2 aromatic carbocycles. The Kier molecular flexibility index (Phi) is 9.03. The first kappa shape index (κ1) is 23.9. The fourth-order valence-electron chi connectivity index (χ4n) is 2.44. The highest BCUT2D eigenvalue weighted by Crippen LogP contribution is 2.35. The molecule has 2 rings (SSSR count). The Morgan fingerprint density at radius 1 is 1.16 bits per heavy atom. The van der Waals surface area contributed by atoms with Gasteiger partial charge in [-0.3, -0.25) is 4.79 Å². The average molecular weight is 491 g/mol. The maximum Gasteiger partial charge on any atom is 0.344 e. The van der Waals surface area contributed by atoms with Crippen molar-refractivity contribution in [2.24, 2.45) is 0 Å². The number of nitrogens with zero attached hydrogens (tertiary/aromatic N) is 1. The van der Waals surface area contributed by atoms with Crippen LogP contribution in [-0.2, 0) is 14.3 Å². The lowest BCUT2D eigenvalue weighted by atomic mass is 10.1. The first-order valence-electron chi connectivity index (χ1n) is 9.32. The molecule has 0 spiro atoms. The van der Waals surface area contributed by atoms with Crippen LogP contribution in [0.4, 0.5) is 10.1 Å². The van der Waals surface area contributed by atoms with E-state index in [0.717, 1.165) is 0 Å². The highest BCUT2D eigenvalue weighted by molar-refractivity contribution is 9.10. The number of carbonyl (C=O) groups excluding carboxylic acids is 2. The summed E-state index contributed by atoms with van der Waals surface area (Å²) in [7, 11) is 0. The van der Waals surface area contributed by atoms with E-state index in [4.69, 9.17) is 14.2 Å². The van der Waals surface area contributed by atoms with Crippen LogP contribution in [0.2, 0.25) is 0 Å². The standard InChI is InChI=1S/C22H20BrFN2O5/c1-3-29-19-10-14(16(23)11-20(19)31-13-21(27)30-4-2)9-15(12-25)22(28)26-18-8-6-5-7-17(18)24/h5-11H,3-4,13H2,1-2H3,(H,26,28)/b15-9-. The van der Waals surface area contributed by atoms with Gasteiger partial charge in [0.15, 0.2) is 18.1 Å². The minimum absolute atomic E-state index is 0.0366. The molecule has 0 bridgehead atoms. The molecule has 0 unspecified atom stereocenters. The minimum Gasteiger partial charge on any atom is -0.490 e. The summed E-state index contributed by atoms with van der Waals surface area (Å²) in [4.78, 5) is 24.0. The zero-order valence-electron chi connectivity index (χ0n) is 16.9. The van der Waals surface area contributed by atoms with Crippen LogP contribution >= 0.6 is 15.9 Å². The summed E-state index contributed by atoms with van der Waals surface area (Å²) in [5.74, 6) is -1.31. The molecule has 0 saturated carbocycles. The van der Waals surface area contributed by atoms with Crippen LogP contribution in [0.3, 0.4) is 0 Å². The number of nitrogens with one attached hydrogen (secondary N) is 1. The SMILES string of the molecule is CCOC(=O)COc1cc(Br)c(/C=C(/C#N)C(=O)Nc2ccccc2F)cc1OCC. The third-order valence-electron chi connectivity index (χ3n) is 3.80. The van der Waals surface area contributed by atoms with Gasteiger partial charge in [0, 0.05) is 4.47 Å². The Morgan fingerprint density at radius 3 is 2.52 bits per heavy atom.